The molecule has 0 aliphatic carbocycles. The predicted octanol–water partition coefficient (Wildman–Crippen LogP) is 27.2. The van der Waals surface area contributed by atoms with Crippen molar-refractivity contribution in [3.63, 3.8) is 0 Å². The Kier molecular flexibility index (Phi) is 38.3. The van der Waals surface area contributed by atoms with E-state index in [0.29, 0.717) is 53.2 Å². The Morgan fingerprint density at radius 2 is 0.602 bits per heavy atom. The first-order valence-corrected chi connectivity index (χ1v) is 32.9. The van der Waals surface area contributed by atoms with Crippen LogP contribution >= 0.6 is 34.8 Å². The van der Waals surface area contributed by atoms with E-state index in [1.807, 2.05) is 70.2 Å². The van der Waals surface area contributed by atoms with Crippen molar-refractivity contribution in [3.8, 4) is 17.2 Å². The van der Waals surface area contributed by atoms with Crippen LogP contribution in [0, 0.1) is 76.4 Å². The Hall–Kier alpha value is -6.39. The van der Waals surface area contributed by atoms with Crippen molar-refractivity contribution in [1.82, 2.24) is 0 Å². The minimum atomic E-state index is -0.899. The Morgan fingerprint density at radius 3 is 0.903 bits per heavy atom. The van der Waals surface area contributed by atoms with E-state index in [-0.39, 0.29) is 28.2 Å². The van der Waals surface area contributed by atoms with E-state index < -0.39 is 29.1 Å². The zero-order chi connectivity index (χ0) is 71.3. The number of ether oxygens (including phenoxy) is 3. The molecule has 0 bridgehead atoms. The molecule has 0 heterocycles. The first-order chi connectivity index (χ1) is 43.3. The lowest BCUT2D eigenvalue weighted by atomic mass is 10.0. The molecule has 0 spiro atoms. The van der Waals surface area contributed by atoms with Gasteiger partial charge in [0.25, 0.3) is 0 Å². The van der Waals surface area contributed by atoms with Gasteiger partial charge in [-0.3, -0.25) is 0 Å². The molecule has 0 aliphatic heterocycles. The third-order valence-electron chi connectivity index (χ3n) is 14.9. The summed E-state index contributed by atoms with van der Waals surface area (Å²) in [5.74, 6) is 1.69. The molecule has 0 amide bonds. The lowest BCUT2D eigenvalue weighted by molar-refractivity contribution is 0.411. The first kappa shape index (κ1) is 84.6. The normalized spacial score (nSPS) is 10.6. The van der Waals surface area contributed by atoms with Gasteiger partial charge in [0.2, 0.25) is 0 Å². The van der Waals surface area contributed by atoms with Crippen molar-refractivity contribution in [1.29, 1.82) is 0 Å². The number of benzene rings is 8. The second-order valence-corrected chi connectivity index (χ2v) is 26.9. The SMILES string of the molecule is CC(C)c1c(F)cc(F)cc1F.CC(C)c1cc(F)c(F)cc1Cl.COc1ccc(C(C)C)cc1C.COc1ccc(C(C)C)cc1C.COc1ccc(C(C)C)cc1C.Cc1cc(C(C)C)ccc1Cl.Cc1cc(Cl)cc(C(C)C)c1.Cc1cc(F)cc(C(C)C)c1. The summed E-state index contributed by atoms with van der Waals surface area (Å²) in [6, 6.07) is 40.1. The van der Waals surface area contributed by atoms with E-state index >= 15 is 0 Å². The molecule has 8 aromatic carbocycles. The molecular formula is C81H105Cl3F6O3. The highest BCUT2D eigenvalue weighted by Crippen LogP contribution is 2.29. The maximum Gasteiger partial charge on any atom is 0.160 e. The number of hydrogen-bond acceptors (Lipinski definition) is 3. The fourth-order valence-corrected chi connectivity index (χ4v) is 9.87. The second-order valence-electron chi connectivity index (χ2n) is 25.6. The third kappa shape index (κ3) is 30.7. The van der Waals surface area contributed by atoms with Gasteiger partial charge in [0.15, 0.2) is 11.6 Å². The summed E-state index contributed by atoms with van der Waals surface area (Å²) in [6.45, 7) is 45.3. The average Bonchev–Trinajstić information content (AvgIpc) is 1.18. The first-order valence-electron chi connectivity index (χ1n) is 31.8. The Labute approximate surface area is 571 Å². The van der Waals surface area contributed by atoms with Crippen LogP contribution in [-0.2, 0) is 0 Å². The van der Waals surface area contributed by atoms with Crippen molar-refractivity contribution >= 4 is 34.8 Å². The van der Waals surface area contributed by atoms with Gasteiger partial charge >= 0.3 is 0 Å². The summed E-state index contributed by atoms with van der Waals surface area (Å²) in [5.41, 5.74) is 15.5. The van der Waals surface area contributed by atoms with Crippen LogP contribution in [0.4, 0.5) is 26.3 Å². The number of hydrogen-bond donors (Lipinski definition) is 0. The van der Waals surface area contributed by atoms with Crippen LogP contribution in [0.1, 0.15) is 236 Å². The molecule has 0 N–H and O–H groups in total. The zero-order valence-corrected chi connectivity index (χ0v) is 62.2. The van der Waals surface area contributed by atoms with Gasteiger partial charge in [-0.15, -0.1) is 0 Å². The van der Waals surface area contributed by atoms with Gasteiger partial charge < -0.3 is 14.2 Å². The molecule has 8 rings (SSSR count). The monoisotopic (exact) mass is 1340 g/mol. The van der Waals surface area contributed by atoms with Crippen molar-refractivity contribution in [3.05, 3.63) is 261 Å². The van der Waals surface area contributed by atoms with Crippen LogP contribution in [0.15, 0.2) is 133 Å². The minimum Gasteiger partial charge on any atom is -0.496 e. The van der Waals surface area contributed by atoms with Crippen LogP contribution in [-0.4, -0.2) is 21.3 Å². The summed E-state index contributed by atoms with van der Waals surface area (Å²) in [6.07, 6.45) is 0. The highest BCUT2D eigenvalue weighted by Gasteiger charge is 2.15. The molecule has 0 radical (unpaired) electrons. The summed E-state index contributed by atoms with van der Waals surface area (Å²) >= 11 is 17.5. The summed E-state index contributed by atoms with van der Waals surface area (Å²) in [5, 5.41) is 1.98. The van der Waals surface area contributed by atoms with Crippen molar-refractivity contribution < 1.29 is 40.6 Å². The summed E-state index contributed by atoms with van der Waals surface area (Å²) in [7, 11) is 5.12. The second kappa shape index (κ2) is 42.1. The van der Waals surface area contributed by atoms with Gasteiger partial charge in [0, 0.05) is 32.8 Å². The summed E-state index contributed by atoms with van der Waals surface area (Å²) < 4.78 is 91.7. The van der Waals surface area contributed by atoms with E-state index in [1.54, 1.807) is 47.3 Å². The predicted molar refractivity (Wildman–Crippen MR) is 387 cm³/mol. The van der Waals surface area contributed by atoms with E-state index in [0.717, 1.165) is 56.1 Å². The molecule has 0 saturated carbocycles. The van der Waals surface area contributed by atoms with Gasteiger partial charge in [0.05, 0.1) is 21.3 Å². The number of rotatable bonds is 11. The topological polar surface area (TPSA) is 27.7 Å². The molecule has 8 aromatic rings. The zero-order valence-electron chi connectivity index (χ0n) is 59.9. The molecule has 510 valence electrons. The highest BCUT2D eigenvalue weighted by molar-refractivity contribution is 6.31. The molecule has 0 saturated heterocycles. The molecule has 0 fully saturated rings. The Balaban J connectivity index is 0.000000532. The minimum absolute atomic E-state index is 0.0589. The molecule has 3 nitrogen and oxygen atoms in total. The quantitative estimate of drug-likeness (QED) is 0.0954. The largest absolute Gasteiger partial charge is 0.496 e. The smallest absolute Gasteiger partial charge is 0.160 e. The molecule has 0 unspecified atom stereocenters. The van der Waals surface area contributed by atoms with Crippen molar-refractivity contribution in [2.24, 2.45) is 0 Å². The maximum atomic E-state index is 12.9. The van der Waals surface area contributed by atoms with Crippen molar-refractivity contribution in [2.45, 2.75) is 200 Å². The van der Waals surface area contributed by atoms with E-state index in [2.05, 4.69) is 165 Å². The van der Waals surface area contributed by atoms with E-state index in [9.17, 15) is 26.3 Å². The fourth-order valence-electron chi connectivity index (χ4n) is 9.09. The standard InChI is InChI=1S/3C11H16O.2C10H13Cl.C10H13F.C9H9ClF2.C9H9F3/c3*1-8(2)10-5-6-11(12-4)9(3)7-10;1-7(2)9-4-8(3)5-10(11)6-9;1-7(2)9-4-5-10(11)8(3)6-9;1-7(2)9-4-8(3)5-10(11)6-9;1-5(2)6-3-8(11)9(12)4-7(6)10;1-5(2)9-7(11)3-6(10)4-8(9)12/h3*5-8H,1-4H3;3*4-7H,1-3H3;2*3-5H,1-2H3. The average molecular weight is 1350 g/mol. The van der Waals surface area contributed by atoms with Gasteiger partial charge in [-0.25, -0.2) is 26.3 Å². The van der Waals surface area contributed by atoms with Crippen LogP contribution in [0.5, 0.6) is 17.2 Å². The maximum absolute atomic E-state index is 12.9. The fraction of sp³-hybridized carbons (Fsp3) is 0.407. The Morgan fingerprint density at radius 1 is 0.280 bits per heavy atom. The number of methoxy groups -OCH3 is 3. The number of aryl methyl sites for hydroxylation is 6. The lowest BCUT2D eigenvalue weighted by Crippen LogP contribution is -1.98. The molecular weight excluding hydrogens is 1240 g/mol. The van der Waals surface area contributed by atoms with E-state index in [1.165, 1.54) is 50.1 Å². The molecule has 0 atom stereocenters. The summed E-state index contributed by atoms with van der Waals surface area (Å²) in [4.78, 5) is 0. The van der Waals surface area contributed by atoms with Crippen molar-refractivity contribution in [2.75, 3.05) is 21.3 Å². The molecule has 0 aromatic heterocycles. The van der Waals surface area contributed by atoms with Crippen LogP contribution in [0.3, 0.4) is 0 Å². The van der Waals surface area contributed by atoms with E-state index in [4.69, 9.17) is 49.0 Å². The lowest BCUT2D eigenvalue weighted by Gasteiger charge is -2.09. The van der Waals surface area contributed by atoms with Crippen LogP contribution in [0.2, 0.25) is 15.1 Å². The highest BCUT2D eigenvalue weighted by atomic mass is 35.5. The number of halogens is 9. The van der Waals surface area contributed by atoms with Gasteiger partial charge in [0.1, 0.15) is 40.5 Å². The van der Waals surface area contributed by atoms with Crippen LogP contribution < -0.4 is 14.2 Å². The van der Waals surface area contributed by atoms with Gasteiger partial charge in [-0.05, 0) is 222 Å². The van der Waals surface area contributed by atoms with Gasteiger partial charge in [-0.1, -0.05) is 206 Å². The van der Waals surface area contributed by atoms with Gasteiger partial charge in [-0.2, -0.15) is 0 Å². The Bertz CT molecular complexity index is 3280. The van der Waals surface area contributed by atoms with Crippen LogP contribution in [0.25, 0.3) is 0 Å². The third-order valence-corrected chi connectivity index (χ3v) is 15.8. The molecule has 12 heteroatoms. The molecule has 0 aliphatic rings. The molecule has 93 heavy (non-hydrogen) atoms.